The summed E-state index contributed by atoms with van der Waals surface area (Å²) >= 11 is 9.51. The molecule has 0 aromatic heterocycles. The van der Waals surface area contributed by atoms with E-state index in [1.807, 2.05) is 0 Å². The van der Waals surface area contributed by atoms with Crippen molar-refractivity contribution in [1.29, 1.82) is 0 Å². The molecule has 0 spiro atoms. The van der Waals surface area contributed by atoms with Gasteiger partial charge < -0.3 is 35.2 Å². The predicted molar refractivity (Wildman–Crippen MR) is 52.2 cm³/mol. The smallest absolute Gasteiger partial charge is 0.410 e. The van der Waals surface area contributed by atoms with Gasteiger partial charge in [0.15, 0.2) is 0 Å². The maximum Gasteiger partial charge on any atom is 1.00 e. The average molecular weight is 213 g/mol. The zero-order chi connectivity index (χ0) is 8.27. The van der Waals surface area contributed by atoms with E-state index in [1.165, 1.54) is 0 Å². The minimum Gasteiger partial charge on any atom is -0.410 e. The van der Waals surface area contributed by atoms with Gasteiger partial charge in [0.25, 0.3) is 0 Å². The minimum absolute atomic E-state index is 0. The fraction of sp³-hybridized carbons (Fsp3) is 0.833. The van der Waals surface area contributed by atoms with Gasteiger partial charge in [0.05, 0.1) is 0 Å². The number of thiocarbonyl (C=S) groups is 1. The third kappa shape index (κ3) is 4.91. The number of nitrogens with one attached hydrogen (secondary N) is 1. The van der Waals surface area contributed by atoms with E-state index < -0.39 is 0 Å². The largest absolute Gasteiger partial charge is 1.00 e. The van der Waals surface area contributed by atoms with E-state index >= 15 is 0 Å². The Morgan fingerprint density at radius 3 is 2.25 bits per heavy atom. The van der Waals surface area contributed by atoms with Crippen LogP contribution in [0.25, 0.3) is 0 Å². The van der Waals surface area contributed by atoms with Crippen LogP contribution in [0.5, 0.6) is 0 Å². The molecule has 12 heavy (non-hydrogen) atoms. The van der Waals surface area contributed by atoms with Crippen LogP contribution in [0.3, 0.4) is 0 Å². The van der Waals surface area contributed by atoms with Crippen LogP contribution in [0.4, 0.5) is 0 Å². The number of rotatable bonds is 1. The van der Waals surface area contributed by atoms with Gasteiger partial charge in [-0.1, -0.05) is 0 Å². The summed E-state index contributed by atoms with van der Waals surface area (Å²) in [6, 6.07) is 0. The molecular formula is C6H12N3NaS2. The van der Waals surface area contributed by atoms with Gasteiger partial charge in [0, 0.05) is 26.2 Å². The van der Waals surface area contributed by atoms with Crippen molar-refractivity contribution in [3.63, 3.8) is 0 Å². The number of nitrogens with zero attached hydrogens (tertiary/aromatic N) is 2. The fourth-order valence-electron chi connectivity index (χ4n) is 1.05. The van der Waals surface area contributed by atoms with E-state index in [4.69, 9.17) is 24.8 Å². The van der Waals surface area contributed by atoms with Crippen LogP contribution in [0.15, 0.2) is 0 Å². The van der Waals surface area contributed by atoms with Crippen molar-refractivity contribution in [2.75, 3.05) is 33.2 Å². The molecule has 1 fully saturated rings. The summed E-state index contributed by atoms with van der Waals surface area (Å²) in [7, 11) is 2.11. The van der Waals surface area contributed by atoms with Crippen LogP contribution >= 0.6 is 12.2 Å². The maximum absolute atomic E-state index is 4.75. The van der Waals surface area contributed by atoms with Crippen molar-refractivity contribution in [3.05, 3.63) is 0 Å². The quantitative estimate of drug-likeness (QED) is 0.277. The Hall–Kier alpha value is 1.03. The Balaban J connectivity index is 0.00000121. The fourth-order valence-corrected chi connectivity index (χ4v) is 1.31. The second-order valence-corrected chi connectivity index (χ2v) is 3.76. The Labute approximate surface area is 107 Å². The van der Waals surface area contributed by atoms with Crippen LogP contribution in [-0.2, 0) is 12.6 Å². The normalized spacial score (nSPS) is 19.8. The Bertz CT molecular complexity index is 148. The summed E-state index contributed by atoms with van der Waals surface area (Å²) in [6.45, 7) is 4.14. The first kappa shape index (κ1) is 13.0. The summed E-state index contributed by atoms with van der Waals surface area (Å²) in [5.41, 5.74) is 2.96. The first-order valence-corrected chi connectivity index (χ1v) is 4.41. The van der Waals surface area contributed by atoms with Gasteiger partial charge in [-0.3, -0.25) is 0 Å². The van der Waals surface area contributed by atoms with Crippen LogP contribution < -0.4 is 35.0 Å². The molecular weight excluding hydrogens is 201 g/mol. The molecule has 0 unspecified atom stereocenters. The third-order valence-corrected chi connectivity index (χ3v) is 1.94. The first-order chi connectivity index (χ1) is 5.18. The maximum atomic E-state index is 4.75. The molecule has 0 aliphatic carbocycles. The van der Waals surface area contributed by atoms with E-state index in [-0.39, 0.29) is 29.6 Å². The molecule has 1 N–H and O–H groups in total. The zero-order valence-electron chi connectivity index (χ0n) is 7.54. The molecule has 0 atom stereocenters. The van der Waals surface area contributed by atoms with Crippen molar-refractivity contribution in [3.8, 4) is 0 Å². The first-order valence-electron chi connectivity index (χ1n) is 3.59. The molecule has 3 nitrogen and oxygen atoms in total. The number of hydrazine groups is 1. The number of hydrogen-bond acceptors (Lipinski definition) is 4. The van der Waals surface area contributed by atoms with E-state index in [2.05, 4.69) is 22.4 Å². The molecule has 1 rings (SSSR count). The average Bonchev–Trinajstić information content (AvgIpc) is 1.93. The molecule has 1 aliphatic rings. The Kier molecular flexibility index (Phi) is 7.03. The van der Waals surface area contributed by atoms with Gasteiger partial charge in [-0.15, -0.1) is 0 Å². The predicted octanol–water partition coefficient (Wildman–Crippen LogP) is -3.43. The summed E-state index contributed by atoms with van der Waals surface area (Å²) in [5.74, 6) is 0. The van der Waals surface area contributed by atoms with Gasteiger partial charge in [-0.2, -0.15) is 0 Å². The van der Waals surface area contributed by atoms with E-state index in [9.17, 15) is 0 Å². The molecule has 0 radical (unpaired) electrons. The van der Waals surface area contributed by atoms with E-state index in [0.29, 0.717) is 4.32 Å². The van der Waals surface area contributed by atoms with Crippen molar-refractivity contribution in [1.82, 2.24) is 15.3 Å². The van der Waals surface area contributed by atoms with Crippen molar-refractivity contribution >= 4 is 29.2 Å². The van der Waals surface area contributed by atoms with Gasteiger partial charge in [0.2, 0.25) is 0 Å². The molecule has 0 aromatic carbocycles. The van der Waals surface area contributed by atoms with Crippen molar-refractivity contribution in [2.45, 2.75) is 0 Å². The number of hydrogen-bond donors (Lipinski definition) is 1. The monoisotopic (exact) mass is 213 g/mol. The van der Waals surface area contributed by atoms with E-state index in [1.54, 1.807) is 0 Å². The molecule has 0 aromatic rings. The second kappa shape index (κ2) is 6.48. The molecule has 6 heteroatoms. The van der Waals surface area contributed by atoms with Crippen molar-refractivity contribution in [2.24, 2.45) is 0 Å². The van der Waals surface area contributed by atoms with Crippen LogP contribution in [0, 0.1) is 0 Å². The zero-order valence-corrected chi connectivity index (χ0v) is 11.2. The molecule has 64 valence electrons. The summed E-state index contributed by atoms with van der Waals surface area (Å²) in [4.78, 5) is 2.28. The summed E-state index contributed by atoms with van der Waals surface area (Å²) in [5, 5.41) is 2.06. The summed E-state index contributed by atoms with van der Waals surface area (Å²) in [6.07, 6.45) is 0. The summed E-state index contributed by atoms with van der Waals surface area (Å²) < 4.78 is 0.439. The van der Waals surface area contributed by atoms with Crippen molar-refractivity contribution < 1.29 is 29.6 Å². The third-order valence-electron chi connectivity index (χ3n) is 1.75. The van der Waals surface area contributed by atoms with Gasteiger partial charge in [-0.05, 0) is 11.4 Å². The molecule has 1 saturated heterocycles. The molecule has 0 amide bonds. The Morgan fingerprint density at radius 2 is 1.83 bits per heavy atom. The van der Waals surface area contributed by atoms with Gasteiger partial charge in [0.1, 0.15) is 0 Å². The topological polar surface area (TPSA) is 18.5 Å². The molecule has 1 aliphatic heterocycles. The minimum atomic E-state index is 0. The standard InChI is InChI=1S/C6H13N3S2.Na/c1-8-2-4-9(5-3-8)7-6(10)11;/h2-5H2,1H3,(H2,7,10,11);/q;+1/p-1. The number of piperazine rings is 1. The second-order valence-electron chi connectivity index (χ2n) is 2.69. The van der Waals surface area contributed by atoms with Gasteiger partial charge in [-0.25, -0.2) is 5.01 Å². The molecule has 0 saturated carbocycles. The van der Waals surface area contributed by atoms with Crippen LogP contribution in [-0.4, -0.2) is 47.5 Å². The number of likely N-dealkylation sites (N-methyl/N-ethyl adjacent to an activating group) is 1. The Morgan fingerprint density at radius 1 is 1.33 bits per heavy atom. The molecule has 1 heterocycles. The van der Waals surface area contributed by atoms with Gasteiger partial charge >= 0.3 is 29.6 Å². The molecule has 0 bridgehead atoms. The van der Waals surface area contributed by atoms with Crippen LogP contribution in [0.2, 0.25) is 0 Å². The van der Waals surface area contributed by atoms with Crippen LogP contribution in [0.1, 0.15) is 0 Å². The SMILES string of the molecule is CN1CCN(NC(=S)[S-])CC1.[Na+]. The van der Waals surface area contributed by atoms with E-state index in [0.717, 1.165) is 26.2 Å².